The minimum Gasteiger partial charge on any atom is -0.508 e. The Morgan fingerprint density at radius 1 is 1.38 bits per heavy atom. The minimum atomic E-state index is -0.275. The monoisotopic (exact) mass is 182 g/mol. The molecule has 1 aromatic carbocycles. The molecule has 0 bridgehead atoms. The minimum absolute atomic E-state index is 0.245. The molecular weight excluding hydrogens is 168 g/mol. The van der Waals surface area contributed by atoms with Crippen molar-refractivity contribution in [2.45, 2.75) is 20.1 Å². The Balaban J connectivity index is 2.77. The Morgan fingerprint density at radius 2 is 2.08 bits per heavy atom. The summed E-state index contributed by atoms with van der Waals surface area (Å²) in [5.41, 5.74) is 0.893. The number of aromatic hydroxyl groups is 1. The van der Waals surface area contributed by atoms with E-state index in [2.05, 4.69) is 0 Å². The normalized spacial score (nSPS) is 12.5. The fourth-order valence-electron chi connectivity index (χ4n) is 0.993. The van der Waals surface area contributed by atoms with Crippen molar-refractivity contribution in [1.29, 1.82) is 0 Å². The molecule has 13 heavy (non-hydrogen) atoms. The van der Waals surface area contributed by atoms with Gasteiger partial charge in [-0.15, -0.1) is 0 Å². The molecule has 0 aromatic heterocycles. The van der Waals surface area contributed by atoms with Crippen LogP contribution in [0.2, 0.25) is 0 Å². The zero-order chi connectivity index (χ0) is 9.84. The van der Waals surface area contributed by atoms with Crippen LogP contribution >= 0.6 is 0 Å². The van der Waals surface area contributed by atoms with Crippen LogP contribution in [-0.4, -0.2) is 18.5 Å². The molecule has 0 aliphatic heterocycles. The summed E-state index contributed by atoms with van der Waals surface area (Å²) in [6.07, 6.45) is -0.275. The van der Waals surface area contributed by atoms with Gasteiger partial charge in [0.25, 0.3) is 0 Å². The van der Waals surface area contributed by atoms with Crippen LogP contribution < -0.4 is 4.74 Å². The Hall–Kier alpha value is -1.22. The summed E-state index contributed by atoms with van der Waals surface area (Å²) in [5.74, 6) is 0.974. The zero-order valence-electron chi connectivity index (χ0n) is 8.07. The zero-order valence-corrected chi connectivity index (χ0v) is 8.07. The number of phenolic OH excluding ortho intramolecular Hbond substituents is 1. The summed E-state index contributed by atoms with van der Waals surface area (Å²) in [7, 11) is 1.58. The van der Waals surface area contributed by atoms with Gasteiger partial charge in [0.2, 0.25) is 0 Å². The highest BCUT2D eigenvalue weighted by Crippen LogP contribution is 2.23. The van der Waals surface area contributed by atoms with Crippen molar-refractivity contribution < 1.29 is 14.6 Å². The van der Waals surface area contributed by atoms with Crippen molar-refractivity contribution in [2.75, 3.05) is 7.11 Å². The summed E-state index contributed by atoms with van der Waals surface area (Å²) in [4.78, 5) is 0. The highest BCUT2D eigenvalue weighted by atomic mass is 16.7. The van der Waals surface area contributed by atoms with E-state index >= 15 is 0 Å². The molecule has 72 valence electrons. The van der Waals surface area contributed by atoms with Gasteiger partial charge < -0.3 is 14.6 Å². The maximum Gasteiger partial charge on any atom is 0.196 e. The van der Waals surface area contributed by atoms with Gasteiger partial charge in [0, 0.05) is 7.11 Å². The van der Waals surface area contributed by atoms with E-state index in [9.17, 15) is 0 Å². The van der Waals surface area contributed by atoms with E-state index in [1.165, 1.54) is 0 Å². The summed E-state index contributed by atoms with van der Waals surface area (Å²) >= 11 is 0. The first-order valence-electron chi connectivity index (χ1n) is 4.12. The smallest absolute Gasteiger partial charge is 0.196 e. The van der Waals surface area contributed by atoms with E-state index in [1.54, 1.807) is 25.3 Å². The van der Waals surface area contributed by atoms with E-state index in [1.807, 2.05) is 13.8 Å². The molecule has 1 aromatic rings. The van der Waals surface area contributed by atoms with Gasteiger partial charge in [0.15, 0.2) is 6.29 Å². The number of hydrogen-bond donors (Lipinski definition) is 1. The maximum atomic E-state index is 9.14. The number of benzene rings is 1. The van der Waals surface area contributed by atoms with Gasteiger partial charge in [0.1, 0.15) is 11.5 Å². The lowest BCUT2D eigenvalue weighted by molar-refractivity contribution is -0.0387. The van der Waals surface area contributed by atoms with Gasteiger partial charge in [0.05, 0.1) is 0 Å². The van der Waals surface area contributed by atoms with Gasteiger partial charge in [-0.25, -0.2) is 0 Å². The van der Waals surface area contributed by atoms with Crippen molar-refractivity contribution in [2.24, 2.45) is 0 Å². The summed E-state index contributed by atoms with van der Waals surface area (Å²) < 4.78 is 10.4. The predicted octanol–water partition coefficient (Wildman–Crippen LogP) is 2.07. The topological polar surface area (TPSA) is 38.7 Å². The summed E-state index contributed by atoms with van der Waals surface area (Å²) in [6.45, 7) is 3.68. The van der Waals surface area contributed by atoms with Crippen molar-refractivity contribution in [3.05, 3.63) is 23.8 Å². The molecule has 0 saturated carbocycles. The van der Waals surface area contributed by atoms with Gasteiger partial charge in [-0.3, -0.25) is 0 Å². The second-order valence-corrected chi connectivity index (χ2v) is 2.87. The van der Waals surface area contributed by atoms with Crippen LogP contribution in [0.15, 0.2) is 18.2 Å². The van der Waals surface area contributed by atoms with Gasteiger partial charge in [-0.2, -0.15) is 0 Å². The molecule has 1 rings (SSSR count). The molecule has 3 heteroatoms. The number of ether oxygens (including phenoxy) is 2. The highest BCUT2D eigenvalue weighted by molar-refractivity contribution is 5.38. The lowest BCUT2D eigenvalue weighted by atomic mass is 10.2. The molecule has 0 saturated heterocycles. The van der Waals surface area contributed by atoms with Gasteiger partial charge >= 0.3 is 0 Å². The average Bonchev–Trinajstić information content (AvgIpc) is 2.09. The largest absolute Gasteiger partial charge is 0.508 e. The first-order valence-corrected chi connectivity index (χ1v) is 4.12. The maximum absolute atomic E-state index is 9.14. The fraction of sp³-hybridized carbons (Fsp3) is 0.400. The lowest BCUT2D eigenvalue weighted by Gasteiger charge is -2.14. The Bertz CT molecular complexity index is 283. The van der Waals surface area contributed by atoms with E-state index < -0.39 is 0 Å². The number of aryl methyl sites for hydroxylation is 1. The van der Waals surface area contributed by atoms with E-state index in [-0.39, 0.29) is 12.0 Å². The lowest BCUT2D eigenvalue weighted by Crippen LogP contribution is -2.14. The molecule has 1 atom stereocenters. The first kappa shape index (κ1) is 9.86. The molecule has 0 fully saturated rings. The third kappa shape index (κ3) is 2.63. The molecule has 0 aliphatic carbocycles. The molecule has 0 amide bonds. The van der Waals surface area contributed by atoms with Gasteiger partial charge in [-0.05, 0) is 37.6 Å². The van der Waals surface area contributed by atoms with Crippen molar-refractivity contribution >= 4 is 0 Å². The van der Waals surface area contributed by atoms with Gasteiger partial charge in [-0.1, -0.05) is 0 Å². The Labute approximate surface area is 77.9 Å². The first-order chi connectivity index (χ1) is 6.13. The number of phenols is 1. The molecule has 0 radical (unpaired) electrons. The SMILES string of the molecule is COC(C)Oc1ccc(O)cc1C. The second kappa shape index (κ2) is 4.14. The Morgan fingerprint density at radius 3 is 2.62 bits per heavy atom. The van der Waals surface area contributed by atoms with Crippen LogP contribution in [0.5, 0.6) is 11.5 Å². The van der Waals surface area contributed by atoms with Crippen molar-refractivity contribution in [1.82, 2.24) is 0 Å². The van der Waals surface area contributed by atoms with Crippen LogP contribution in [0, 0.1) is 6.92 Å². The third-order valence-electron chi connectivity index (χ3n) is 1.78. The van der Waals surface area contributed by atoms with Crippen molar-refractivity contribution in [3.63, 3.8) is 0 Å². The summed E-state index contributed by atoms with van der Waals surface area (Å²) in [6, 6.07) is 4.96. The van der Waals surface area contributed by atoms with E-state index in [0.29, 0.717) is 0 Å². The molecular formula is C10H14O3. The van der Waals surface area contributed by atoms with E-state index in [4.69, 9.17) is 14.6 Å². The molecule has 0 spiro atoms. The fourth-order valence-corrected chi connectivity index (χ4v) is 0.993. The van der Waals surface area contributed by atoms with Crippen molar-refractivity contribution in [3.8, 4) is 11.5 Å². The van der Waals surface area contributed by atoms with Crippen LogP contribution in [0.1, 0.15) is 12.5 Å². The standard InChI is InChI=1S/C10H14O3/c1-7-6-9(11)4-5-10(7)13-8(2)12-3/h4-6,8,11H,1-3H3. The van der Waals surface area contributed by atoms with Crippen LogP contribution in [-0.2, 0) is 4.74 Å². The molecule has 1 unspecified atom stereocenters. The molecule has 0 heterocycles. The number of methoxy groups -OCH3 is 1. The summed E-state index contributed by atoms with van der Waals surface area (Å²) in [5, 5.41) is 9.14. The van der Waals surface area contributed by atoms with Crippen LogP contribution in [0.3, 0.4) is 0 Å². The Kier molecular flexibility index (Phi) is 3.14. The highest BCUT2D eigenvalue weighted by Gasteiger charge is 2.04. The number of hydrogen-bond acceptors (Lipinski definition) is 3. The predicted molar refractivity (Wildman–Crippen MR) is 49.9 cm³/mol. The molecule has 0 aliphatic rings. The van der Waals surface area contributed by atoms with Crippen LogP contribution in [0.4, 0.5) is 0 Å². The quantitative estimate of drug-likeness (QED) is 0.727. The average molecular weight is 182 g/mol. The molecule has 1 N–H and O–H groups in total. The number of rotatable bonds is 3. The molecule has 3 nitrogen and oxygen atoms in total. The third-order valence-corrected chi connectivity index (χ3v) is 1.78. The van der Waals surface area contributed by atoms with Crippen LogP contribution in [0.25, 0.3) is 0 Å². The van der Waals surface area contributed by atoms with E-state index in [0.717, 1.165) is 11.3 Å². The second-order valence-electron chi connectivity index (χ2n) is 2.87.